The normalized spacial score (nSPS) is 14.0. The summed E-state index contributed by atoms with van der Waals surface area (Å²) in [7, 11) is -3.84. The second kappa shape index (κ2) is 7.79. The number of hydrogen-bond acceptors (Lipinski definition) is 4. The highest BCUT2D eigenvalue weighted by atomic mass is 35.5. The Morgan fingerprint density at radius 3 is 2.59 bits per heavy atom. The molecule has 1 amide bonds. The molecule has 1 aliphatic carbocycles. The molecule has 0 aliphatic heterocycles. The van der Waals surface area contributed by atoms with Crippen LogP contribution < -0.4 is 10.0 Å². The maximum Gasteiger partial charge on any atom is 0.257 e. The summed E-state index contributed by atoms with van der Waals surface area (Å²) in [6.07, 6.45) is 3.20. The lowest BCUT2D eigenvalue weighted by Gasteiger charge is -2.12. The summed E-state index contributed by atoms with van der Waals surface area (Å²) >= 11 is 12.3. The summed E-state index contributed by atoms with van der Waals surface area (Å²) in [5.74, 6) is -0.545. The van der Waals surface area contributed by atoms with Gasteiger partial charge in [-0.3, -0.25) is 9.89 Å². The number of halogens is 2. The highest BCUT2D eigenvalue weighted by molar-refractivity contribution is 7.89. The fourth-order valence-corrected chi connectivity index (χ4v) is 4.94. The van der Waals surface area contributed by atoms with Gasteiger partial charge in [0.15, 0.2) is 0 Å². The molecule has 0 radical (unpaired) electrons. The van der Waals surface area contributed by atoms with Crippen LogP contribution >= 0.6 is 23.2 Å². The van der Waals surface area contributed by atoms with Crippen LogP contribution in [0.3, 0.4) is 0 Å². The molecule has 1 aromatic heterocycles. The first-order valence-electron chi connectivity index (χ1n) is 8.76. The minimum atomic E-state index is -3.84. The Kier molecular flexibility index (Phi) is 5.35. The van der Waals surface area contributed by atoms with Gasteiger partial charge in [0.1, 0.15) is 4.90 Å². The van der Waals surface area contributed by atoms with Crippen molar-refractivity contribution in [3.05, 3.63) is 64.3 Å². The highest BCUT2D eigenvalue weighted by Crippen LogP contribution is 2.31. The van der Waals surface area contributed by atoms with Crippen LogP contribution in [0, 0.1) is 0 Å². The van der Waals surface area contributed by atoms with Gasteiger partial charge in [0, 0.05) is 23.5 Å². The van der Waals surface area contributed by atoms with E-state index in [0.717, 1.165) is 24.1 Å². The molecule has 3 aromatic rings. The Morgan fingerprint density at radius 1 is 1.10 bits per heavy atom. The SMILES string of the molecule is O=C(Nc1cccc(-c2ccn[nH]2)c1)c1cc(S(=O)(=O)NC2CC2)c(Cl)cc1Cl. The average Bonchev–Trinajstić information content (AvgIpc) is 3.29. The van der Waals surface area contributed by atoms with Crippen molar-refractivity contribution < 1.29 is 13.2 Å². The summed E-state index contributed by atoms with van der Waals surface area (Å²) in [5.41, 5.74) is 2.16. The average molecular weight is 451 g/mol. The zero-order chi connectivity index (χ0) is 20.6. The van der Waals surface area contributed by atoms with E-state index in [1.54, 1.807) is 30.5 Å². The van der Waals surface area contributed by atoms with E-state index < -0.39 is 15.9 Å². The number of aromatic nitrogens is 2. The Hall–Kier alpha value is -2.39. The number of nitrogens with zero attached hydrogens (tertiary/aromatic N) is 1. The second-order valence-corrected chi connectivity index (χ2v) is 9.16. The van der Waals surface area contributed by atoms with Crippen molar-refractivity contribution >= 4 is 44.8 Å². The molecule has 0 unspecified atom stereocenters. The maximum atomic E-state index is 12.8. The molecule has 2 aromatic carbocycles. The van der Waals surface area contributed by atoms with Crippen LogP contribution in [-0.4, -0.2) is 30.6 Å². The summed E-state index contributed by atoms with van der Waals surface area (Å²) in [5, 5.41) is 9.52. The van der Waals surface area contributed by atoms with Crippen LogP contribution in [0.2, 0.25) is 10.0 Å². The van der Waals surface area contributed by atoms with E-state index in [4.69, 9.17) is 23.2 Å². The molecule has 10 heteroatoms. The van der Waals surface area contributed by atoms with E-state index in [1.165, 1.54) is 12.1 Å². The topological polar surface area (TPSA) is 104 Å². The first-order valence-corrected chi connectivity index (χ1v) is 11.0. The van der Waals surface area contributed by atoms with E-state index >= 15 is 0 Å². The van der Waals surface area contributed by atoms with Crippen molar-refractivity contribution in [3.8, 4) is 11.3 Å². The predicted molar refractivity (Wildman–Crippen MR) is 112 cm³/mol. The Balaban J connectivity index is 1.62. The van der Waals surface area contributed by atoms with Gasteiger partial charge in [-0.15, -0.1) is 0 Å². The zero-order valence-corrected chi connectivity index (χ0v) is 17.3. The number of aromatic amines is 1. The minimum absolute atomic E-state index is 0.0131. The fourth-order valence-electron chi connectivity index (χ4n) is 2.77. The molecule has 29 heavy (non-hydrogen) atoms. The number of anilines is 1. The van der Waals surface area contributed by atoms with E-state index in [-0.39, 0.29) is 26.5 Å². The van der Waals surface area contributed by atoms with Gasteiger partial charge in [-0.2, -0.15) is 5.10 Å². The number of amides is 1. The zero-order valence-electron chi connectivity index (χ0n) is 14.9. The molecular formula is C19H16Cl2N4O3S. The van der Waals surface area contributed by atoms with Gasteiger partial charge in [-0.05, 0) is 43.2 Å². The van der Waals surface area contributed by atoms with Crippen molar-refractivity contribution in [2.45, 2.75) is 23.8 Å². The molecule has 150 valence electrons. The van der Waals surface area contributed by atoms with Crippen LogP contribution in [0.15, 0.2) is 53.6 Å². The molecule has 1 fully saturated rings. The molecule has 1 saturated carbocycles. The standard InChI is InChI=1S/C19H16Cl2N4O3S/c20-15-10-16(21)18(29(27,28)25-12-4-5-12)9-14(15)19(26)23-13-3-1-2-11(8-13)17-6-7-22-24-17/h1-3,6-10,12,25H,4-5H2,(H,22,24)(H,23,26). The highest BCUT2D eigenvalue weighted by Gasteiger charge is 2.30. The number of hydrogen-bond donors (Lipinski definition) is 3. The van der Waals surface area contributed by atoms with E-state index in [9.17, 15) is 13.2 Å². The lowest BCUT2D eigenvalue weighted by Crippen LogP contribution is -2.26. The number of H-pyrrole nitrogens is 1. The van der Waals surface area contributed by atoms with E-state index in [0.29, 0.717) is 5.69 Å². The number of nitrogens with one attached hydrogen (secondary N) is 3. The third kappa shape index (κ3) is 4.45. The van der Waals surface area contributed by atoms with Gasteiger partial charge in [-0.1, -0.05) is 35.3 Å². The van der Waals surface area contributed by atoms with Gasteiger partial charge in [-0.25, -0.2) is 13.1 Å². The Bertz CT molecular complexity index is 1180. The largest absolute Gasteiger partial charge is 0.322 e. The summed E-state index contributed by atoms with van der Waals surface area (Å²) in [6, 6.07) is 11.3. The quantitative estimate of drug-likeness (QED) is 0.526. The third-order valence-corrected chi connectivity index (χ3v) is 6.68. The van der Waals surface area contributed by atoms with Crippen LogP contribution in [0.25, 0.3) is 11.3 Å². The Labute approximate surface area is 177 Å². The summed E-state index contributed by atoms with van der Waals surface area (Å²) < 4.78 is 27.6. The van der Waals surface area contributed by atoms with Crippen molar-refractivity contribution in [1.29, 1.82) is 0 Å². The van der Waals surface area contributed by atoms with Crippen LogP contribution in [0.1, 0.15) is 23.2 Å². The second-order valence-electron chi connectivity index (χ2n) is 6.66. The third-order valence-electron chi connectivity index (χ3n) is 4.39. The van der Waals surface area contributed by atoms with Crippen LogP contribution in [0.5, 0.6) is 0 Å². The molecule has 1 aliphatic rings. The van der Waals surface area contributed by atoms with Gasteiger partial charge < -0.3 is 5.32 Å². The minimum Gasteiger partial charge on any atom is -0.322 e. The lowest BCUT2D eigenvalue weighted by atomic mass is 10.1. The number of carbonyl (C=O) groups is 1. The van der Waals surface area contributed by atoms with Gasteiger partial charge in [0.05, 0.1) is 21.3 Å². The molecule has 0 atom stereocenters. The van der Waals surface area contributed by atoms with Crippen molar-refractivity contribution in [2.75, 3.05) is 5.32 Å². The number of carbonyl (C=O) groups excluding carboxylic acids is 1. The summed E-state index contributed by atoms with van der Waals surface area (Å²) in [4.78, 5) is 12.6. The van der Waals surface area contributed by atoms with Gasteiger partial charge >= 0.3 is 0 Å². The molecular weight excluding hydrogens is 435 g/mol. The number of benzene rings is 2. The molecule has 0 spiro atoms. The van der Waals surface area contributed by atoms with Crippen molar-refractivity contribution in [3.63, 3.8) is 0 Å². The molecule has 1 heterocycles. The number of rotatable bonds is 6. The van der Waals surface area contributed by atoms with Gasteiger partial charge in [0.2, 0.25) is 10.0 Å². The summed E-state index contributed by atoms with van der Waals surface area (Å²) in [6.45, 7) is 0. The monoisotopic (exact) mass is 450 g/mol. The van der Waals surface area contributed by atoms with Crippen molar-refractivity contribution in [1.82, 2.24) is 14.9 Å². The van der Waals surface area contributed by atoms with Crippen molar-refractivity contribution in [2.24, 2.45) is 0 Å². The van der Waals surface area contributed by atoms with Gasteiger partial charge in [0.25, 0.3) is 5.91 Å². The van der Waals surface area contributed by atoms with E-state index in [2.05, 4.69) is 20.2 Å². The van der Waals surface area contributed by atoms with Crippen LogP contribution in [-0.2, 0) is 10.0 Å². The molecule has 0 saturated heterocycles. The first kappa shape index (κ1) is 19.9. The predicted octanol–water partition coefficient (Wildman–Crippen LogP) is 4.08. The van der Waals surface area contributed by atoms with Crippen LogP contribution in [0.4, 0.5) is 5.69 Å². The molecule has 7 nitrogen and oxygen atoms in total. The molecule has 0 bridgehead atoms. The smallest absolute Gasteiger partial charge is 0.257 e. The number of sulfonamides is 1. The molecule has 4 rings (SSSR count). The maximum absolute atomic E-state index is 12.8. The molecule has 3 N–H and O–H groups in total. The van der Waals surface area contributed by atoms with E-state index in [1.807, 2.05) is 6.07 Å². The Morgan fingerprint density at radius 2 is 1.90 bits per heavy atom. The fraction of sp³-hybridized carbons (Fsp3) is 0.158. The lowest BCUT2D eigenvalue weighted by molar-refractivity contribution is 0.102. The first-order chi connectivity index (χ1) is 13.8.